The molecular formula is C17H20N2O5. The van der Waals surface area contributed by atoms with Crippen LogP contribution in [0.25, 0.3) is 0 Å². The number of carbonyl (C=O) groups is 2. The Morgan fingerprint density at radius 2 is 2.00 bits per heavy atom. The van der Waals surface area contributed by atoms with Gasteiger partial charge in [-0.25, -0.2) is 0 Å². The zero-order valence-corrected chi connectivity index (χ0v) is 13.9. The lowest BCUT2D eigenvalue weighted by Gasteiger charge is -2.18. The fraction of sp³-hybridized carbons (Fsp3) is 0.353. The SMILES string of the molecule is Cc1noc(C)c1COc1ccccc1C(=O)N(C)CCC(=O)O. The van der Waals surface area contributed by atoms with Crippen LogP contribution in [0.1, 0.15) is 33.8 Å². The first-order valence-corrected chi connectivity index (χ1v) is 7.51. The molecule has 0 unspecified atom stereocenters. The van der Waals surface area contributed by atoms with E-state index in [9.17, 15) is 9.59 Å². The number of aliphatic carboxylic acids is 1. The molecule has 0 radical (unpaired) electrons. The Bertz CT molecular complexity index is 719. The number of hydrogen-bond acceptors (Lipinski definition) is 5. The summed E-state index contributed by atoms with van der Waals surface area (Å²) in [6.07, 6.45) is -0.107. The first kappa shape index (κ1) is 17.5. The van der Waals surface area contributed by atoms with Crippen LogP contribution in [0.2, 0.25) is 0 Å². The molecule has 1 amide bonds. The highest BCUT2D eigenvalue weighted by Gasteiger charge is 2.18. The Morgan fingerprint density at radius 1 is 1.29 bits per heavy atom. The topological polar surface area (TPSA) is 92.9 Å². The molecule has 0 saturated heterocycles. The van der Waals surface area contributed by atoms with Gasteiger partial charge in [-0.2, -0.15) is 0 Å². The second kappa shape index (κ2) is 7.63. The van der Waals surface area contributed by atoms with E-state index in [0.717, 1.165) is 11.3 Å². The summed E-state index contributed by atoms with van der Waals surface area (Å²) in [5, 5.41) is 12.6. The van der Waals surface area contributed by atoms with Crippen molar-refractivity contribution < 1.29 is 24.0 Å². The number of benzene rings is 1. The van der Waals surface area contributed by atoms with Gasteiger partial charge in [-0.3, -0.25) is 9.59 Å². The molecule has 0 atom stereocenters. The van der Waals surface area contributed by atoms with Crippen molar-refractivity contribution in [3.05, 3.63) is 46.8 Å². The van der Waals surface area contributed by atoms with Crippen molar-refractivity contribution in [1.82, 2.24) is 10.1 Å². The van der Waals surface area contributed by atoms with Gasteiger partial charge in [0.2, 0.25) is 0 Å². The van der Waals surface area contributed by atoms with Gasteiger partial charge in [-0.15, -0.1) is 0 Å². The largest absolute Gasteiger partial charge is 0.488 e. The number of nitrogens with zero attached hydrogens (tertiary/aromatic N) is 2. The molecule has 0 fully saturated rings. The summed E-state index contributed by atoms with van der Waals surface area (Å²) >= 11 is 0. The Kier molecular flexibility index (Phi) is 5.57. The van der Waals surface area contributed by atoms with Crippen LogP contribution in [-0.2, 0) is 11.4 Å². The van der Waals surface area contributed by atoms with Crippen LogP contribution in [0.5, 0.6) is 5.75 Å². The van der Waals surface area contributed by atoms with Crippen molar-refractivity contribution in [3.8, 4) is 5.75 Å². The van der Waals surface area contributed by atoms with E-state index in [4.69, 9.17) is 14.4 Å². The molecule has 2 rings (SSSR count). The summed E-state index contributed by atoms with van der Waals surface area (Å²) in [7, 11) is 1.57. The zero-order chi connectivity index (χ0) is 17.7. The first-order chi connectivity index (χ1) is 11.4. The quantitative estimate of drug-likeness (QED) is 0.837. The minimum absolute atomic E-state index is 0.107. The smallest absolute Gasteiger partial charge is 0.305 e. The second-order valence-corrected chi connectivity index (χ2v) is 5.46. The van der Waals surface area contributed by atoms with Crippen LogP contribution in [0, 0.1) is 13.8 Å². The molecule has 1 N–H and O–H groups in total. The van der Waals surface area contributed by atoms with Gasteiger partial charge < -0.3 is 19.3 Å². The first-order valence-electron chi connectivity index (χ1n) is 7.51. The Hall–Kier alpha value is -2.83. The van der Waals surface area contributed by atoms with Crippen LogP contribution in [-0.4, -0.2) is 40.6 Å². The lowest BCUT2D eigenvalue weighted by atomic mass is 10.1. The highest BCUT2D eigenvalue weighted by molar-refractivity contribution is 5.96. The monoisotopic (exact) mass is 332 g/mol. The van der Waals surface area contributed by atoms with E-state index in [0.29, 0.717) is 17.1 Å². The number of hydrogen-bond donors (Lipinski definition) is 1. The molecule has 0 aliphatic heterocycles. The number of rotatable bonds is 7. The molecule has 0 aliphatic rings. The number of aromatic nitrogens is 1. The average molecular weight is 332 g/mol. The normalized spacial score (nSPS) is 10.5. The predicted octanol–water partition coefficient (Wildman–Crippen LogP) is 2.42. The number of carbonyl (C=O) groups excluding carboxylic acids is 1. The van der Waals surface area contributed by atoms with E-state index in [1.807, 2.05) is 6.92 Å². The van der Waals surface area contributed by atoms with Crippen molar-refractivity contribution in [2.45, 2.75) is 26.9 Å². The Balaban J connectivity index is 2.12. The zero-order valence-electron chi connectivity index (χ0n) is 13.9. The van der Waals surface area contributed by atoms with Crippen LogP contribution >= 0.6 is 0 Å². The molecule has 0 aliphatic carbocycles. The van der Waals surface area contributed by atoms with Crippen molar-refractivity contribution in [3.63, 3.8) is 0 Å². The molecule has 1 aromatic heterocycles. The minimum atomic E-state index is -0.947. The van der Waals surface area contributed by atoms with E-state index < -0.39 is 5.97 Å². The second-order valence-electron chi connectivity index (χ2n) is 5.46. The maximum absolute atomic E-state index is 12.5. The van der Waals surface area contributed by atoms with Crippen LogP contribution in [0.15, 0.2) is 28.8 Å². The standard InChI is InChI=1S/C17H20N2O5/c1-11-14(12(2)24-18-11)10-23-15-7-5-4-6-13(15)17(22)19(3)9-8-16(20)21/h4-7H,8-10H2,1-3H3,(H,20,21). The summed E-state index contributed by atoms with van der Waals surface area (Å²) in [4.78, 5) is 24.5. The average Bonchev–Trinajstić information content (AvgIpc) is 2.88. The fourth-order valence-electron chi connectivity index (χ4n) is 2.20. The van der Waals surface area contributed by atoms with E-state index >= 15 is 0 Å². The van der Waals surface area contributed by atoms with Gasteiger partial charge in [0.15, 0.2) is 0 Å². The summed E-state index contributed by atoms with van der Waals surface area (Å²) in [5.74, 6) is -0.122. The number of aryl methyl sites for hydroxylation is 2. The van der Waals surface area contributed by atoms with Gasteiger partial charge in [-0.05, 0) is 26.0 Å². The molecular weight excluding hydrogens is 312 g/mol. The van der Waals surface area contributed by atoms with E-state index in [1.165, 1.54) is 4.90 Å². The van der Waals surface area contributed by atoms with Crippen molar-refractivity contribution in [1.29, 1.82) is 0 Å². The van der Waals surface area contributed by atoms with Gasteiger partial charge >= 0.3 is 5.97 Å². The van der Waals surface area contributed by atoms with Gasteiger partial charge in [-0.1, -0.05) is 17.3 Å². The van der Waals surface area contributed by atoms with Crippen molar-refractivity contribution >= 4 is 11.9 Å². The molecule has 7 heteroatoms. The summed E-state index contributed by atoms with van der Waals surface area (Å²) in [6, 6.07) is 6.87. The lowest BCUT2D eigenvalue weighted by Crippen LogP contribution is -2.29. The molecule has 24 heavy (non-hydrogen) atoms. The third-order valence-electron chi connectivity index (χ3n) is 3.68. The molecule has 7 nitrogen and oxygen atoms in total. The maximum Gasteiger partial charge on any atom is 0.305 e. The number of para-hydroxylation sites is 1. The molecule has 1 aromatic carbocycles. The lowest BCUT2D eigenvalue weighted by molar-refractivity contribution is -0.137. The Morgan fingerprint density at radius 3 is 2.62 bits per heavy atom. The van der Waals surface area contributed by atoms with Crippen molar-refractivity contribution in [2.24, 2.45) is 0 Å². The van der Waals surface area contributed by atoms with Gasteiger partial charge in [0.05, 0.1) is 23.2 Å². The van der Waals surface area contributed by atoms with Crippen LogP contribution in [0.4, 0.5) is 0 Å². The minimum Gasteiger partial charge on any atom is -0.488 e. The number of amides is 1. The summed E-state index contributed by atoms with van der Waals surface area (Å²) in [6.45, 7) is 4.00. The maximum atomic E-state index is 12.5. The van der Waals surface area contributed by atoms with Crippen molar-refractivity contribution in [2.75, 3.05) is 13.6 Å². The summed E-state index contributed by atoms with van der Waals surface area (Å²) < 4.78 is 10.9. The number of carboxylic acid groups (broad SMARTS) is 1. The van der Waals surface area contributed by atoms with Crippen LogP contribution < -0.4 is 4.74 Å². The molecule has 0 saturated carbocycles. The molecule has 2 aromatic rings. The molecule has 128 valence electrons. The third-order valence-corrected chi connectivity index (χ3v) is 3.68. The predicted molar refractivity (Wildman–Crippen MR) is 86.0 cm³/mol. The van der Waals surface area contributed by atoms with Crippen LogP contribution in [0.3, 0.4) is 0 Å². The van der Waals surface area contributed by atoms with Gasteiger partial charge in [0, 0.05) is 13.6 Å². The number of ether oxygens (including phenoxy) is 1. The fourth-order valence-corrected chi connectivity index (χ4v) is 2.20. The number of carboxylic acids is 1. The molecule has 0 bridgehead atoms. The Labute approximate surface area is 139 Å². The highest BCUT2D eigenvalue weighted by Crippen LogP contribution is 2.22. The van der Waals surface area contributed by atoms with E-state index in [-0.39, 0.29) is 25.5 Å². The third kappa shape index (κ3) is 4.13. The van der Waals surface area contributed by atoms with Gasteiger partial charge in [0.1, 0.15) is 18.1 Å². The van der Waals surface area contributed by atoms with E-state index in [2.05, 4.69) is 5.16 Å². The molecule has 0 spiro atoms. The highest BCUT2D eigenvalue weighted by atomic mass is 16.5. The summed E-state index contributed by atoms with van der Waals surface area (Å²) in [5.41, 5.74) is 1.98. The molecule has 1 heterocycles. The van der Waals surface area contributed by atoms with Gasteiger partial charge in [0.25, 0.3) is 5.91 Å². The van der Waals surface area contributed by atoms with E-state index in [1.54, 1.807) is 38.2 Å².